The number of hydrogen-bond acceptors (Lipinski definition) is 6. The van der Waals surface area contributed by atoms with Gasteiger partial charge in [0.05, 0.1) is 17.1 Å². The Morgan fingerprint density at radius 3 is 0.981 bits per heavy atom. The van der Waals surface area contributed by atoms with Crippen molar-refractivity contribution in [3.05, 3.63) is 103 Å². The second-order valence-corrected chi connectivity index (χ2v) is 11.8. The topological polar surface area (TPSA) is 127 Å². The van der Waals surface area contributed by atoms with E-state index in [0.717, 1.165) is 13.7 Å². The average molecular weight is 756 g/mol. The minimum absolute atomic E-state index is 0.121. The standard InChI is InChI=1S/C34H36Cl2N6O6.2C2H6/c1-8-29(43)37(5)23-9-12-26(20(2)15-23)40-32(46)41(27-13-10-24(16-21(27)3)38(6)30(44)18-35)34(48)42(33(40)47)28-14-11-25(17-22(28)4)39(7)31(45)19-36;2*1-2/h9-17H,8,18-19H2,1-7H3;2*1-2H3. The van der Waals surface area contributed by atoms with Gasteiger partial charge in [-0.2, -0.15) is 0 Å². The molecule has 0 N–H and O–H groups in total. The number of carbonyl (C=O) groups excluding carboxylic acids is 3. The first-order chi connectivity index (χ1) is 24.7. The Morgan fingerprint density at radius 1 is 0.519 bits per heavy atom. The molecular formula is C38H48Cl2N6O6. The van der Waals surface area contributed by atoms with Gasteiger partial charge in [-0.05, 0) is 92.1 Å². The number of hydrogen-bond donors (Lipinski definition) is 0. The summed E-state index contributed by atoms with van der Waals surface area (Å²) in [5.74, 6) is -1.29. The van der Waals surface area contributed by atoms with Gasteiger partial charge in [0.15, 0.2) is 0 Å². The van der Waals surface area contributed by atoms with Gasteiger partial charge in [0.1, 0.15) is 11.8 Å². The summed E-state index contributed by atoms with van der Waals surface area (Å²) in [6, 6.07) is 14.3. The third-order valence-electron chi connectivity index (χ3n) is 8.23. The van der Waals surface area contributed by atoms with E-state index in [1.54, 1.807) is 91.3 Å². The van der Waals surface area contributed by atoms with Gasteiger partial charge in [-0.25, -0.2) is 28.1 Å². The van der Waals surface area contributed by atoms with E-state index in [-0.39, 0.29) is 53.0 Å². The summed E-state index contributed by atoms with van der Waals surface area (Å²) < 4.78 is 2.72. The Hall–Kier alpha value is -4.94. The van der Waals surface area contributed by atoms with E-state index in [2.05, 4.69) is 0 Å². The van der Waals surface area contributed by atoms with Gasteiger partial charge >= 0.3 is 17.1 Å². The van der Waals surface area contributed by atoms with E-state index in [1.807, 2.05) is 27.7 Å². The lowest BCUT2D eigenvalue weighted by atomic mass is 10.1. The summed E-state index contributed by atoms with van der Waals surface area (Å²) in [5, 5.41) is 0. The SMILES string of the molecule is CC.CC.CCC(=O)N(C)c1ccc(-n2c(=O)n(-c3ccc(N(C)C(=O)CCl)cc3C)c(=O)n(-c3ccc(N(C)C(=O)CCl)cc3C)c2=O)c(C)c1. The lowest BCUT2D eigenvalue weighted by Crippen LogP contribution is -2.53. The van der Waals surface area contributed by atoms with Crippen LogP contribution in [0.4, 0.5) is 17.1 Å². The van der Waals surface area contributed by atoms with Crippen LogP contribution in [0.5, 0.6) is 0 Å². The van der Waals surface area contributed by atoms with Gasteiger partial charge in [-0.15, -0.1) is 23.2 Å². The number of amides is 3. The predicted molar refractivity (Wildman–Crippen MR) is 212 cm³/mol. The van der Waals surface area contributed by atoms with E-state index in [1.165, 1.54) is 26.8 Å². The highest BCUT2D eigenvalue weighted by molar-refractivity contribution is 6.29. The maximum Gasteiger partial charge on any atom is 0.345 e. The van der Waals surface area contributed by atoms with Crippen LogP contribution in [0.3, 0.4) is 0 Å². The molecule has 1 aromatic heterocycles. The Balaban J connectivity index is 0.00000226. The summed E-state index contributed by atoms with van der Waals surface area (Å²) in [7, 11) is 4.75. The zero-order valence-corrected chi connectivity index (χ0v) is 33.2. The molecule has 0 saturated heterocycles. The molecule has 0 unspecified atom stereocenters. The summed E-state index contributed by atoms with van der Waals surface area (Å²) in [4.78, 5) is 83.9. The third kappa shape index (κ3) is 8.74. The highest BCUT2D eigenvalue weighted by Gasteiger charge is 2.24. The Morgan fingerprint density at radius 2 is 0.769 bits per heavy atom. The average Bonchev–Trinajstić information content (AvgIpc) is 3.16. The molecule has 1 heterocycles. The molecule has 0 saturated carbocycles. The van der Waals surface area contributed by atoms with Crippen LogP contribution in [0.25, 0.3) is 17.1 Å². The van der Waals surface area contributed by atoms with Crippen molar-refractivity contribution >= 4 is 58.0 Å². The quantitative estimate of drug-likeness (QED) is 0.196. The molecule has 3 amide bonds. The van der Waals surface area contributed by atoms with Crippen LogP contribution in [-0.4, -0.2) is 64.3 Å². The first kappa shape index (κ1) is 43.2. The third-order valence-corrected chi connectivity index (χ3v) is 8.68. The van der Waals surface area contributed by atoms with Crippen molar-refractivity contribution < 1.29 is 14.4 Å². The largest absolute Gasteiger partial charge is 0.345 e. The van der Waals surface area contributed by atoms with E-state index < -0.39 is 17.1 Å². The van der Waals surface area contributed by atoms with Crippen LogP contribution in [0, 0.1) is 20.8 Å². The fraction of sp³-hybridized carbons (Fsp3) is 0.368. The molecule has 280 valence electrons. The van der Waals surface area contributed by atoms with Crippen molar-refractivity contribution in [1.82, 2.24) is 13.7 Å². The van der Waals surface area contributed by atoms with Crippen LogP contribution >= 0.6 is 23.2 Å². The van der Waals surface area contributed by atoms with Crippen molar-refractivity contribution in [1.29, 1.82) is 0 Å². The van der Waals surface area contributed by atoms with Gasteiger partial charge in [0, 0.05) is 44.6 Å². The fourth-order valence-corrected chi connectivity index (χ4v) is 5.67. The van der Waals surface area contributed by atoms with Gasteiger partial charge in [-0.3, -0.25) is 14.4 Å². The number of aromatic nitrogens is 3. The summed E-state index contributed by atoms with van der Waals surface area (Å²) in [6.07, 6.45) is 0.286. The summed E-state index contributed by atoms with van der Waals surface area (Å²) in [6.45, 7) is 14.8. The lowest BCUT2D eigenvalue weighted by molar-refractivity contribution is -0.118. The van der Waals surface area contributed by atoms with Crippen LogP contribution in [-0.2, 0) is 14.4 Å². The number of benzene rings is 3. The van der Waals surface area contributed by atoms with Gasteiger partial charge in [-0.1, -0.05) is 34.6 Å². The zero-order chi connectivity index (χ0) is 39.6. The number of alkyl halides is 2. The molecule has 3 aromatic carbocycles. The first-order valence-electron chi connectivity index (χ1n) is 16.9. The second-order valence-electron chi connectivity index (χ2n) is 11.2. The molecule has 0 aliphatic heterocycles. The predicted octanol–water partition coefficient (Wildman–Crippen LogP) is 5.89. The molecule has 0 spiro atoms. The van der Waals surface area contributed by atoms with E-state index in [4.69, 9.17) is 23.2 Å². The molecule has 14 heteroatoms. The monoisotopic (exact) mass is 754 g/mol. The minimum atomic E-state index is -0.925. The van der Waals surface area contributed by atoms with Gasteiger partial charge in [0.2, 0.25) is 17.7 Å². The van der Waals surface area contributed by atoms with E-state index in [9.17, 15) is 28.8 Å². The van der Waals surface area contributed by atoms with Crippen LogP contribution in [0.15, 0.2) is 69.0 Å². The van der Waals surface area contributed by atoms with Crippen LogP contribution in [0.1, 0.15) is 57.7 Å². The van der Waals surface area contributed by atoms with E-state index >= 15 is 0 Å². The van der Waals surface area contributed by atoms with Crippen molar-refractivity contribution in [2.75, 3.05) is 47.6 Å². The molecule has 0 aliphatic carbocycles. The van der Waals surface area contributed by atoms with Crippen molar-refractivity contribution in [3.8, 4) is 17.1 Å². The molecule has 0 atom stereocenters. The molecule has 0 aliphatic rings. The Kier molecular flexibility index (Phi) is 15.8. The van der Waals surface area contributed by atoms with Gasteiger partial charge < -0.3 is 14.7 Å². The fourth-order valence-electron chi connectivity index (χ4n) is 5.31. The number of nitrogens with zero attached hydrogens (tertiary/aromatic N) is 6. The number of anilines is 3. The minimum Gasteiger partial charge on any atom is -0.316 e. The molecule has 0 radical (unpaired) electrons. The lowest BCUT2D eigenvalue weighted by Gasteiger charge is -2.21. The highest BCUT2D eigenvalue weighted by Crippen LogP contribution is 2.24. The van der Waals surface area contributed by atoms with Crippen molar-refractivity contribution in [3.63, 3.8) is 0 Å². The van der Waals surface area contributed by atoms with Crippen LogP contribution in [0.2, 0.25) is 0 Å². The Bertz CT molecular complexity index is 1850. The first-order valence-corrected chi connectivity index (χ1v) is 18.0. The smallest absolute Gasteiger partial charge is 0.316 e. The zero-order valence-electron chi connectivity index (χ0n) is 31.7. The molecular weight excluding hydrogens is 707 g/mol. The maximum atomic E-state index is 14.3. The molecule has 12 nitrogen and oxygen atoms in total. The highest BCUT2D eigenvalue weighted by atomic mass is 35.5. The second kappa shape index (κ2) is 19.1. The molecule has 4 rings (SSSR count). The number of halogens is 2. The Labute approximate surface area is 314 Å². The van der Waals surface area contributed by atoms with Crippen molar-refractivity contribution in [2.45, 2.75) is 61.8 Å². The molecule has 0 bridgehead atoms. The summed E-state index contributed by atoms with van der Waals surface area (Å²) >= 11 is 11.5. The van der Waals surface area contributed by atoms with Gasteiger partial charge in [0.25, 0.3) is 0 Å². The normalized spacial score (nSPS) is 10.3. The number of rotatable bonds is 9. The molecule has 4 aromatic rings. The number of carbonyl (C=O) groups is 3. The van der Waals surface area contributed by atoms with E-state index in [0.29, 0.717) is 33.8 Å². The molecule has 0 fully saturated rings. The summed E-state index contributed by atoms with van der Waals surface area (Å²) in [5.41, 5.74) is 0.800. The maximum absolute atomic E-state index is 14.3. The van der Waals surface area contributed by atoms with Crippen LogP contribution < -0.4 is 31.8 Å². The molecule has 52 heavy (non-hydrogen) atoms. The van der Waals surface area contributed by atoms with Crippen molar-refractivity contribution in [2.24, 2.45) is 0 Å². The number of aryl methyl sites for hydroxylation is 3.